The van der Waals surface area contributed by atoms with Gasteiger partial charge in [0.05, 0.1) is 11.7 Å². The van der Waals surface area contributed by atoms with Gasteiger partial charge >= 0.3 is 0 Å². The summed E-state index contributed by atoms with van der Waals surface area (Å²) in [5, 5.41) is 10.4. The SMILES string of the molecule is CO[C@H]1C[C@@]2(O)C[C@]3(F)C[C@]3(CC(C)(C)[Si](C)(C)O)[C@H]2O1. The minimum absolute atomic E-state index is 0.133. The van der Waals surface area contributed by atoms with Crippen LogP contribution in [0.1, 0.15) is 39.5 Å². The molecular formula is C15H27FO4Si. The monoisotopic (exact) mass is 318 g/mol. The topological polar surface area (TPSA) is 58.9 Å². The van der Waals surface area contributed by atoms with Crippen molar-refractivity contribution in [2.24, 2.45) is 5.41 Å². The van der Waals surface area contributed by atoms with Crippen molar-refractivity contribution >= 4 is 8.32 Å². The van der Waals surface area contributed by atoms with Gasteiger partial charge in [0.1, 0.15) is 5.67 Å². The van der Waals surface area contributed by atoms with Crippen LogP contribution in [0.15, 0.2) is 0 Å². The molecule has 0 bridgehead atoms. The fraction of sp³-hybridized carbons (Fsp3) is 1.00. The molecule has 1 heterocycles. The van der Waals surface area contributed by atoms with Gasteiger partial charge in [-0.2, -0.15) is 0 Å². The number of hydrogen-bond donors (Lipinski definition) is 2. The van der Waals surface area contributed by atoms with Crippen LogP contribution in [-0.4, -0.2) is 49.0 Å². The minimum atomic E-state index is -2.43. The normalized spacial score (nSPS) is 49.1. The third-order valence-corrected chi connectivity index (χ3v) is 9.91. The lowest BCUT2D eigenvalue weighted by molar-refractivity contribution is -0.141. The summed E-state index contributed by atoms with van der Waals surface area (Å²) in [5.74, 6) is 0. The van der Waals surface area contributed by atoms with Crippen molar-refractivity contribution in [1.82, 2.24) is 0 Å². The Bertz CT molecular complexity index is 465. The van der Waals surface area contributed by atoms with Crippen LogP contribution in [-0.2, 0) is 9.47 Å². The van der Waals surface area contributed by atoms with Crippen LogP contribution in [0.4, 0.5) is 4.39 Å². The summed E-state index contributed by atoms with van der Waals surface area (Å²) in [4.78, 5) is 10.5. The van der Waals surface area contributed by atoms with E-state index in [0.29, 0.717) is 19.3 Å². The van der Waals surface area contributed by atoms with Gasteiger partial charge in [-0.1, -0.05) is 13.8 Å². The van der Waals surface area contributed by atoms with Crippen LogP contribution in [0.3, 0.4) is 0 Å². The van der Waals surface area contributed by atoms with Crippen molar-refractivity contribution in [1.29, 1.82) is 0 Å². The first kappa shape index (κ1) is 15.9. The molecule has 0 radical (unpaired) electrons. The van der Waals surface area contributed by atoms with E-state index in [1.807, 2.05) is 26.9 Å². The lowest BCUT2D eigenvalue weighted by Crippen LogP contribution is -2.45. The molecule has 0 spiro atoms. The zero-order valence-corrected chi connectivity index (χ0v) is 14.6. The van der Waals surface area contributed by atoms with Gasteiger partial charge in [0.15, 0.2) is 14.6 Å². The second kappa shape index (κ2) is 4.09. The maximum Gasteiger partial charge on any atom is 0.188 e. The zero-order chi connectivity index (χ0) is 15.9. The van der Waals surface area contributed by atoms with Crippen LogP contribution in [0.5, 0.6) is 0 Å². The van der Waals surface area contributed by atoms with Gasteiger partial charge in [-0.05, 0) is 31.0 Å². The summed E-state index contributed by atoms with van der Waals surface area (Å²) in [7, 11) is -0.888. The van der Waals surface area contributed by atoms with Gasteiger partial charge in [0.2, 0.25) is 0 Å². The molecule has 6 heteroatoms. The minimum Gasteiger partial charge on any atom is -0.432 e. The van der Waals surface area contributed by atoms with Gasteiger partial charge in [0, 0.05) is 25.4 Å². The smallest absolute Gasteiger partial charge is 0.188 e. The number of hydrogen-bond acceptors (Lipinski definition) is 4. The third kappa shape index (κ3) is 1.99. The summed E-state index contributed by atoms with van der Waals surface area (Å²) in [6, 6.07) is 0. The van der Waals surface area contributed by atoms with Crippen LogP contribution in [0.2, 0.25) is 18.1 Å². The highest BCUT2D eigenvalue weighted by Crippen LogP contribution is 2.78. The molecule has 21 heavy (non-hydrogen) atoms. The predicted molar refractivity (Wildman–Crippen MR) is 79.1 cm³/mol. The second-order valence-corrected chi connectivity index (χ2v) is 13.1. The van der Waals surface area contributed by atoms with Crippen molar-refractivity contribution in [2.45, 2.75) is 81.3 Å². The summed E-state index contributed by atoms with van der Waals surface area (Å²) in [5.41, 5.74) is -3.13. The van der Waals surface area contributed by atoms with Crippen molar-refractivity contribution in [3.63, 3.8) is 0 Å². The molecule has 4 nitrogen and oxygen atoms in total. The number of methoxy groups -OCH3 is 1. The van der Waals surface area contributed by atoms with E-state index in [-0.39, 0.29) is 11.5 Å². The highest BCUT2D eigenvalue weighted by Gasteiger charge is 2.85. The number of halogens is 1. The summed E-state index contributed by atoms with van der Waals surface area (Å²) >= 11 is 0. The zero-order valence-electron chi connectivity index (χ0n) is 13.6. The molecule has 2 aliphatic carbocycles. The van der Waals surface area contributed by atoms with Crippen molar-refractivity contribution < 1.29 is 23.8 Å². The van der Waals surface area contributed by atoms with Crippen molar-refractivity contribution in [3.05, 3.63) is 0 Å². The van der Waals surface area contributed by atoms with Gasteiger partial charge in [0.25, 0.3) is 0 Å². The van der Waals surface area contributed by atoms with Crippen molar-refractivity contribution in [3.8, 4) is 0 Å². The molecule has 0 aromatic heterocycles. The molecule has 3 rings (SSSR count). The van der Waals surface area contributed by atoms with E-state index in [0.717, 1.165) is 0 Å². The molecule has 5 atom stereocenters. The van der Waals surface area contributed by atoms with E-state index in [1.165, 1.54) is 0 Å². The van der Waals surface area contributed by atoms with Crippen LogP contribution < -0.4 is 0 Å². The molecule has 1 aliphatic heterocycles. The molecule has 1 saturated heterocycles. The molecule has 2 N–H and O–H groups in total. The molecule has 3 aliphatic rings. The maximum absolute atomic E-state index is 15.1. The summed E-state index contributed by atoms with van der Waals surface area (Å²) in [6.45, 7) is 7.79. The number of aliphatic hydroxyl groups is 1. The van der Waals surface area contributed by atoms with Gasteiger partial charge in [-0.3, -0.25) is 0 Å². The van der Waals surface area contributed by atoms with E-state index < -0.39 is 37.4 Å². The average Bonchev–Trinajstić information content (AvgIpc) is 2.61. The molecule has 0 aromatic rings. The number of rotatable bonds is 4. The van der Waals surface area contributed by atoms with E-state index in [2.05, 4.69) is 0 Å². The van der Waals surface area contributed by atoms with E-state index >= 15 is 4.39 Å². The number of alkyl halides is 1. The molecule has 2 saturated carbocycles. The molecular weight excluding hydrogens is 291 g/mol. The number of ether oxygens (including phenoxy) is 2. The largest absolute Gasteiger partial charge is 0.432 e. The second-order valence-electron chi connectivity index (χ2n) is 8.58. The Labute approximate surface area is 126 Å². The number of fused-ring (bicyclic) bond motifs is 3. The summed E-state index contributed by atoms with van der Waals surface area (Å²) in [6.07, 6.45) is 0.475. The Balaban J connectivity index is 1.89. The Morgan fingerprint density at radius 2 is 2.00 bits per heavy atom. The van der Waals surface area contributed by atoms with Gasteiger partial charge in [-0.15, -0.1) is 0 Å². The standard InChI is InChI=1S/C15H27FO4Si/c1-12(2,21(4,5)18)7-13-8-15(13,16)9-14(17)6-10(19-3)20-11(13)14/h10-11,17-18H,6-9H2,1-5H3/t10-,11-,13-,14-,15-/m1/s1. The first-order chi connectivity index (χ1) is 9.39. The Morgan fingerprint density at radius 1 is 1.38 bits per heavy atom. The van der Waals surface area contributed by atoms with Crippen molar-refractivity contribution in [2.75, 3.05) is 7.11 Å². The van der Waals surface area contributed by atoms with E-state index in [9.17, 15) is 9.90 Å². The molecule has 0 amide bonds. The van der Waals surface area contributed by atoms with E-state index in [1.54, 1.807) is 7.11 Å². The average molecular weight is 318 g/mol. The Kier molecular flexibility index (Phi) is 3.09. The van der Waals surface area contributed by atoms with E-state index in [4.69, 9.17) is 9.47 Å². The first-order valence-electron chi connectivity index (χ1n) is 7.71. The van der Waals surface area contributed by atoms with Gasteiger partial charge in [-0.25, -0.2) is 4.39 Å². The molecule has 0 unspecified atom stereocenters. The fourth-order valence-electron chi connectivity index (χ4n) is 4.50. The maximum atomic E-state index is 15.1. The Morgan fingerprint density at radius 3 is 2.52 bits per heavy atom. The van der Waals surface area contributed by atoms with Crippen LogP contribution in [0, 0.1) is 5.41 Å². The quantitative estimate of drug-likeness (QED) is 0.781. The highest BCUT2D eigenvalue weighted by atomic mass is 28.4. The molecule has 122 valence electrons. The van der Waals surface area contributed by atoms with Crippen LogP contribution in [0.25, 0.3) is 0 Å². The van der Waals surface area contributed by atoms with Crippen LogP contribution >= 0.6 is 0 Å². The molecule has 0 aromatic carbocycles. The summed E-state index contributed by atoms with van der Waals surface area (Å²) < 4.78 is 26.2. The lowest BCUT2D eigenvalue weighted by Gasteiger charge is -2.40. The fourth-order valence-corrected chi connectivity index (χ4v) is 5.24. The Hall–Kier alpha value is -0.0131. The first-order valence-corrected chi connectivity index (χ1v) is 10.7. The predicted octanol–water partition coefficient (Wildman–Crippen LogP) is 2.35. The highest BCUT2D eigenvalue weighted by molar-refractivity contribution is 6.72. The molecule has 3 fully saturated rings. The third-order valence-electron chi connectivity index (χ3n) is 6.42. The lowest BCUT2D eigenvalue weighted by atomic mass is 9.84. The van der Waals surface area contributed by atoms with Gasteiger partial charge < -0.3 is 19.4 Å².